The third-order valence-electron chi connectivity index (χ3n) is 1.36. The molecule has 0 rings (SSSR count). The van der Waals surface area contributed by atoms with Crippen molar-refractivity contribution in [3.63, 3.8) is 0 Å². The molecule has 5 heteroatoms. The smallest absolute Gasteiger partial charge is 0.0536 e. The monoisotopic (exact) mass is 314 g/mol. The van der Waals surface area contributed by atoms with Crippen LogP contribution in [0.2, 0.25) is 0 Å². The first-order valence-corrected chi connectivity index (χ1v) is 4.98. The summed E-state index contributed by atoms with van der Waals surface area (Å²) in [6, 6.07) is 0. The molecule has 0 saturated carbocycles. The van der Waals surface area contributed by atoms with E-state index in [4.69, 9.17) is 20.4 Å². The minimum atomic E-state index is -0.375. The van der Waals surface area contributed by atoms with Crippen LogP contribution in [-0.2, 0) is 20.4 Å². The molecule has 0 aliphatic rings. The van der Waals surface area contributed by atoms with Crippen molar-refractivity contribution in [1.82, 2.24) is 0 Å². The molecule has 4 nitrogen and oxygen atoms in total. The zero-order valence-corrected chi connectivity index (χ0v) is 11.4. The van der Waals surface area contributed by atoms with E-state index in [1.807, 2.05) is 0 Å². The third kappa shape index (κ3) is 31.4. The summed E-state index contributed by atoms with van der Waals surface area (Å²) in [6.07, 6.45) is -0.556. The largest absolute Gasteiger partial charge is 0.393 e. The van der Waals surface area contributed by atoms with Gasteiger partial charge in [0.1, 0.15) is 0 Å². The van der Waals surface area contributed by atoms with Crippen molar-refractivity contribution < 1.29 is 40.8 Å². The molecule has 0 aromatic heterocycles. The van der Waals surface area contributed by atoms with Gasteiger partial charge in [-0.1, -0.05) is 0 Å². The van der Waals surface area contributed by atoms with Gasteiger partial charge in [-0.3, -0.25) is 0 Å². The van der Waals surface area contributed by atoms with Crippen LogP contribution in [0.15, 0.2) is 0 Å². The first kappa shape index (κ1) is 20.9. The van der Waals surface area contributed by atoms with Crippen molar-refractivity contribution in [2.75, 3.05) is 0 Å². The summed E-state index contributed by atoms with van der Waals surface area (Å²) in [5, 5.41) is 34.3. The standard InChI is InChI=1S/2C5H12O2.Pd/c2*1-4(6)3-5(2)7;/h2*4-7H,3H2,1-2H3;. The van der Waals surface area contributed by atoms with Crippen molar-refractivity contribution in [2.45, 2.75) is 65.0 Å². The molecule has 0 aliphatic heterocycles. The second-order valence-corrected chi connectivity index (χ2v) is 3.87. The molecule has 0 aromatic rings. The van der Waals surface area contributed by atoms with Gasteiger partial charge in [0.15, 0.2) is 0 Å². The predicted molar refractivity (Wildman–Crippen MR) is 56.0 cm³/mol. The van der Waals surface area contributed by atoms with E-state index in [1.54, 1.807) is 27.7 Å². The van der Waals surface area contributed by atoms with E-state index in [-0.39, 0.29) is 44.8 Å². The van der Waals surface area contributed by atoms with Gasteiger partial charge in [0.2, 0.25) is 0 Å². The molecular weight excluding hydrogens is 291 g/mol. The number of hydrogen-bond acceptors (Lipinski definition) is 4. The summed E-state index contributed by atoms with van der Waals surface area (Å²) in [4.78, 5) is 0. The van der Waals surface area contributed by atoms with E-state index in [0.29, 0.717) is 12.8 Å². The molecule has 0 fully saturated rings. The zero-order chi connectivity index (χ0) is 11.7. The van der Waals surface area contributed by atoms with Crippen LogP contribution in [0, 0.1) is 0 Å². The second kappa shape index (κ2) is 12.6. The Balaban J connectivity index is -0.000000180. The maximum Gasteiger partial charge on any atom is 0.0536 e. The van der Waals surface area contributed by atoms with E-state index in [1.165, 1.54) is 0 Å². The van der Waals surface area contributed by atoms with Crippen LogP contribution in [0.4, 0.5) is 0 Å². The average molecular weight is 315 g/mol. The molecule has 0 amide bonds. The van der Waals surface area contributed by atoms with Gasteiger partial charge in [0.05, 0.1) is 24.4 Å². The molecule has 4 unspecified atom stereocenters. The maximum absolute atomic E-state index is 8.56. The summed E-state index contributed by atoms with van der Waals surface area (Å²) >= 11 is 0. The van der Waals surface area contributed by atoms with Crippen molar-refractivity contribution >= 4 is 0 Å². The van der Waals surface area contributed by atoms with Crippen molar-refractivity contribution in [1.29, 1.82) is 0 Å². The molecule has 15 heavy (non-hydrogen) atoms. The van der Waals surface area contributed by atoms with Crippen LogP contribution in [0.3, 0.4) is 0 Å². The Kier molecular flexibility index (Phi) is 17.5. The van der Waals surface area contributed by atoms with Gasteiger partial charge in [-0.15, -0.1) is 0 Å². The van der Waals surface area contributed by atoms with Gasteiger partial charge in [-0.05, 0) is 40.5 Å². The Hall–Kier alpha value is 0.502. The fraction of sp³-hybridized carbons (Fsp3) is 1.00. The van der Waals surface area contributed by atoms with Gasteiger partial charge in [0, 0.05) is 20.4 Å². The average Bonchev–Trinajstić information content (AvgIpc) is 1.79. The number of aliphatic hydroxyl groups excluding tert-OH is 4. The van der Waals surface area contributed by atoms with Crippen LogP contribution in [0.25, 0.3) is 0 Å². The third-order valence-corrected chi connectivity index (χ3v) is 1.36. The van der Waals surface area contributed by atoms with E-state index in [9.17, 15) is 0 Å². The molecule has 0 saturated heterocycles. The van der Waals surface area contributed by atoms with Gasteiger partial charge in [0.25, 0.3) is 0 Å². The molecule has 0 radical (unpaired) electrons. The Morgan fingerprint density at radius 2 is 0.733 bits per heavy atom. The topological polar surface area (TPSA) is 80.9 Å². The molecule has 0 aliphatic carbocycles. The maximum atomic E-state index is 8.56. The number of rotatable bonds is 4. The fourth-order valence-corrected chi connectivity index (χ4v) is 0.987. The minimum Gasteiger partial charge on any atom is -0.393 e. The van der Waals surface area contributed by atoms with Crippen molar-refractivity contribution in [2.24, 2.45) is 0 Å². The van der Waals surface area contributed by atoms with E-state index < -0.39 is 0 Å². The second-order valence-electron chi connectivity index (χ2n) is 3.87. The first-order valence-electron chi connectivity index (χ1n) is 4.98. The fourth-order valence-electron chi connectivity index (χ4n) is 0.987. The summed E-state index contributed by atoms with van der Waals surface area (Å²) < 4.78 is 0. The van der Waals surface area contributed by atoms with E-state index in [0.717, 1.165) is 0 Å². The molecule has 0 spiro atoms. The molecule has 0 aromatic carbocycles. The molecule has 0 heterocycles. The molecule has 4 N–H and O–H groups in total. The molecule has 0 bridgehead atoms. The minimum absolute atomic E-state index is 0. The molecule has 4 atom stereocenters. The van der Waals surface area contributed by atoms with Gasteiger partial charge < -0.3 is 20.4 Å². The summed E-state index contributed by atoms with van der Waals surface area (Å²) in [7, 11) is 0. The molecular formula is C10H24O4Pd. The quantitative estimate of drug-likeness (QED) is 0.562. The zero-order valence-electron chi connectivity index (χ0n) is 9.83. The Labute approximate surface area is 106 Å². The summed E-state index contributed by atoms with van der Waals surface area (Å²) in [5.74, 6) is 0. The van der Waals surface area contributed by atoms with E-state index in [2.05, 4.69) is 0 Å². The summed E-state index contributed by atoms with van der Waals surface area (Å²) in [5.41, 5.74) is 0. The number of aliphatic hydroxyl groups is 4. The Morgan fingerprint density at radius 3 is 0.733 bits per heavy atom. The predicted octanol–water partition coefficient (Wildman–Crippen LogP) is 0.274. The van der Waals surface area contributed by atoms with Gasteiger partial charge in [-0.2, -0.15) is 0 Å². The van der Waals surface area contributed by atoms with Gasteiger partial charge >= 0.3 is 0 Å². The van der Waals surface area contributed by atoms with Crippen LogP contribution >= 0.6 is 0 Å². The van der Waals surface area contributed by atoms with Gasteiger partial charge in [-0.25, -0.2) is 0 Å². The van der Waals surface area contributed by atoms with Crippen LogP contribution < -0.4 is 0 Å². The van der Waals surface area contributed by atoms with Crippen LogP contribution in [0.1, 0.15) is 40.5 Å². The van der Waals surface area contributed by atoms with Crippen LogP contribution in [0.5, 0.6) is 0 Å². The SMILES string of the molecule is CC(O)CC(C)O.CC(O)CC(C)O.[Pd]. The van der Waals surface area contributed by atoms with Crippen molar-refractivity contribution in [3.8, 4) is 0 Å². The Morgan fingerprint density at radius 1 is 0.600 bits per heavy atom. The molecule has 98 valence electrons. The van der Waals surface area contributed by atoms with Crippen LogP contribution in [-0.4, -0.2) is 44.8 Å². The van der Waals surface area contributed by atoms with Crippen molar-refractivity contribution in [3.05, 3.63) is 0 Å². The number of hydrogen-bond donors (Lipinski definition) is 4. The summed E-state index contributed by atoms with van der Waals surface area (Å²) in [6.45, 7) is 6.64. The van der Waals surface area contributed by atoms with E-state index >= 15 is 0 Å². The normalized spacial score (nSPS) is 17.6. The Bertz CT molecular complexity index is 90.0. The first-order chi connectivity index (χ1) is 6.25.